The Bertz CT molecular complexity index is 1280. The SMILES string of the molecule is Nc1ccc2nc(-c3ccc(NC(=O)/C=C/c4ccc(F)c(F)c4)cc3)n(O)c2c1. The molecule has 4 N–H and O–H groups in total. The van der Waals surface area contributed by atoms with Crippen LogP contribution in [0.25, 0.3) is 28.5 Å². The highest BCUT2D eigenvalue weighted by molar-refractivity contribution is 6.02. The smallest absolute Gasteiger partial charge is 0.248 e. The zero-order valence-electron chi connectivity index (χ0n) is 15.5. The summed E-state index contributed by atoms with van der Waals surface area (Å²) in [4.78, 5) is 16.5. The van der Waals surface area contributed by atoms with E-state index in [0.29, 0.717) is 39.4 Å². The largest absolute Gasteiger partial charge is 0.426 e. The molecule has 0 aliphatic heterocycles. The molecule has 8 heteroatoms. The summed E-state index contributed by atoms with van der Waals surface area (Å²) in [6.07, 6.45) is 2.60. The van der Waals surface area contributed by atoms with Crippen molar-refractivity contribution in [2.45, 2.75) is 0 Å². The lowest BCUT2D eigenvalue weighted by atomic mass is 10.2. The molecule has 0 fully saturated rings. The van der Waals surface area contributed by atoms with Crippen molar-refractivity contribution in [2.24, 2.45) is 0 Å². The minimum atomic E-state index is -0.981. The van der Waals surface area contributed by atoms with Gasteiger partial charge in [-0.05, 0) is 66.2 Å². The van der Waals surface area contributed by atoms with Crippen LogP contribution in [-0.2, 0) is 4.79 Å². The summed E-state index contributed by atoms with van der Waals surface area (Å²) in [5.41, 5.74) is 8.87. The summed E-state index contributed by atoms with van der Waals surface area (Å²) in [5.74, 6) is -2.02. The fourth-order valence-corrected chi connectivity index (χ4v) is 2.94. The van der Waals surface area contributed by atoms with Crippen LogP contribution in [-0.4, -0.2) is 20.8 Å². The predicted octanol–water partition coefficient (Wildman–Crippen LogP) is 4.45. The Morgan fingerprint density at radius 1 is 1.03 bits per heavy atom. The number of nitrogens with zero attached hydrogens (tertiary/aromatic N) is 2. The quantitative estimate of drug-likeness (QED) is 0.265. The molecule has 0 saturated carbocycles. The maximum Gasteiger partial charge on any atom is 0.248 e. The average molecular weight is 406 g/mol. The van der Waals surface area contributed by atoms with Crippen LogP contribution < -0.4 is 11.1 Å². The van der Waals surface area contributed by atoms with Crippen LogP contribution >= 0.6 is 0 Å². The number of anilines is 2. The summed E-state index contributed by atoms with van der Waals surface area (Å²) in [5, 5.41) is 13.0. The molecular formula is C22H16F2N4O2. The topological polar surface area (TPSA) is 93.2 Å². The van der Waals surface area contributed by atoms with E-state index in [1.165, 1.54) is 18.2 Å². The highest BCUT2D eigenvalue weighted by Crippen LogP contribution is 2.26. The Hall–Kier alpha value is -4.20. The lowest BCUT2D eigenvalue weighted by Crippen LogP contribution is -2.07. The third-order valence-electron chi connectivity index (χ3n) is 4.44. The van der Waals surface area contributed by atoms with Gasteiger partial charge >= 0.3 is 0 Å². The summed E-state index contributed by atoms with van der Waals surface area (Å²) in [6, 6.07) is 15.1. The summed E-state index contributed by atoms with van der Waals surface area (Å²) in [7, 11) is 0. The molecule has 4 rings (SSSR count). The van der Waals surface area contributed by atoms with Gasteiger partial charge in [0.2, 0.25) is 5.91 Å². The fourth-order valence-electron chi connectivity index (χ4n) is 2.94. The van der Waals surface area contributed by atoms with Crippen molar-refractivity contribution in [3.8, 4) is 11.4 Å². The lowest BCUT2D eigenvalue weighted by molar-refractivity contribution is -0.111. The maximum atomic E-state index is 13.2. The highest BCUT2D eigenvalue weighted by Gasteiger charge is 2.12. The van der Waals surface area contributed by atoms with Crippen molar-refractivity contribution >= 4 is 34.4 Å². The van der Waals surface area contributed by atoms with Crippen molar-refractivity contribution in [2.75, 3.05) is 11.1 Å². The number of imidazole rings is 1. The molecule has 30 heavy (non-hydrogen) atoms. The number of rotatable bonds is 4. The number of nitrogens with one attached hydrogen (secondary N) is 1. The predicted molar refractivity (Wildman–Crippen MR) is 111 cm³/mol. The van der Waals surface area contributed by atoms with Gasteiger partial charge in [0.05, 0.1) is 5.52 Å². The standard InChI is InChI=1S/C22H16F2N4O2/c23-17-8-1-13(11-18(17)24)2-10-21(29)26-16-6-3-14(4-7-16)22-27-19-9-5-15(25)12-20(19)28(22)30/h1-12,30H,25H2,(H,26,29)/b10-2+. The second-order valence-corrected chi connectivity index (χ2v) is 6.57. The molecule has 3 aromatic carbocycles. The second-order valence-electron chi connectivity index (χ2n) is 6.57. The number of aromatic nitrogens is 2. The molecule has 4 aromatic rings. The van der Waals surface area contributed by atoms with Crippen LogP contribution in [0.1, 0.15) is 5.56 Å². The van der Waals surface area contributed by atoms with Crippen molar-refractivity contribution in [3.63, 3.8) is 0 Å². The van der Waals surface area contributed by atoms with Gasteiger partial charge in [-0.25, -0.2) is 13.8 Å². The Kier molecular flexibility index (Phi) is 4.89. The minimum Gasteiger partial charge on any atom is -0.426 e. The third kappa shape index (κ3) is 3.83. The van der Waals surface area contributed by atoms with Gasteiger partial charge in [-0.1, -0.05) is 6.07 Å². The van der Waals surface area contributed by atoms with E-state index in [0.717, 1.165) is 16.9 Å². The number of hydrogen-bond acceptors (Lipinski definition) is 4. The van der Waals surface area contributed by atoms with Gasteiger partial charge in [0.15, 0.2) is 17.5 Å². The molecule has 0 aliphatic carbocycles. The molecular weight excluding hydrogens is 390 g/mol. The number of halogens is 2. The Morgan fingerprint density at radius 2 is 1.80 bits per heavy atom. The monoisotopic (exact) mass is 406 g/mol. The van der Waals surface area contributed by atoms with Crippen LogP contribution in [0.3, 0.4) is 0 Å². The number of amides is 1. The van der Waals surface area contributed by atoms with Crippen LogP contribution in [0.15, 0.2) is 66.7 Å². The van der Waals surface area contributed by atoms with E-state index in [9.17, 15) is 18.8 Å². The van der Waals surface area contributed by atoms with E-state index in [4.69, 9.17) is 5.73 Å². The first-order valence-corrected chi connectivity index (χ1v) is 8.92. The third-order valence-corrected chi connectivity index (χ3v) is 4.44. The van der Waals surface area contributed by atoms with E-state index < -0.39 is 17.5 Å². The number of carbonyl (C=O) groups is 1. The Labute approximate surface area is 169 Å². The van der Waals surface area contributed by atoms with Crippen LogP contribution in [0, 0.1) is 11.6 Å². The fraction of sp³-hybridized carbons (Fsp3) is 0. The van der Waals surface area contributed by atoms with Gasteiger partial charge < -0.3 is 16.3 Å². The molecule has 0 radical (unpaired) electrons. The zero-order valence-corrected chi connectivity index (χ0v) is 15.5. The number of nitrogens with two attached hydrogens (primary N) is 1. The second kappa shape index (κ2) is 7.67. The van der Waals surface area contributed by atoms with E-state index in [-0.39, 0.29) is 0 Å². The zero-order chi connectivity index (χ0) is 21.3. The lowest BCUT2D eigenvalue weighted by Gasteiger charge is -2.05. The number of nitrogen functional groups attached to an aromatic ring is 1. The number of hydrogen-bond donors (Lipinski definition) is 3. The van der Waals surface area contributed by atoms with E-state index in [2.05, 4.69) is 10.3 Å². The van der Waals surface area contributed by atoms with Crippen LogP contribution in [0.2, 0.25) is 0 Å². The van der Waals surface area contributed by atoms with Gasteiger partial charge in [-0.3, -0.25) is 4.79 Å². The molecule has 1 aromatic heterocycles. The molecule has 0 unspecified atom stereocenters. The first kappa shape index (κ1) is 19.1. The van der Waals surface area contributed by atoms with Gasteiger partial charge in [0, 0.05) is 23.0 Å². The van der Waals surface area contributed by atoms with Gasteiger partial charge in [-0.15, -0.1) is 0 Å². The van der Waals surface area contributed by atoms with E-state index >= 15 is 0 Å². The van der Waals surface area contributed by atoms with Crippen molar-refractivity contribution in [3.05, 3.63) is 83.9 Å². The Morgan fingerprint density at radius 3 is 2.53 bits per heavy atom. The highest BCUT2D eigenvalue weighted by atomic mass is 19.2. The molecule has 6 nitrogen and oxygen atoms in total. The normalized spacial score (nSPS) is 11.3. The molecule has 150 valence electrons. The maximum absolute atomic E-state index is 13.2. The Balaban J connectivity index is 1.48. The molecule has 0 saturated heterocycles. The number of benzene rings is 3. The minimum absolute atomic E-state index is 0.340. The van der Waals surface area contributed by atoms with Gasteiger partial charge in [0.25, 0.3) is 0 Å². The van der Waals surface area contributed by atoms with Crippen LogP contribution in [0.5, 0.6) is 0 Å². The average Bonchev–Trinajstić information content (AvgIpc) is 3.05. The summed E-state index contributed by atoms with van der Waals surface area (Å²) < 4.78 is 27.1. The summed E-state index contributed by atoms with van der Waals surface area (Å²) in [6.45, 7) is 0. The van der Waals surface area contributed by atoms with Gasteiger partial charge in [0.1, 0.15) is 5.52 Å². The van der Waals surface area contributed by atoms with Crippen molar-refractivity contribution < 1.29 is 18.8 Å². The first-order chi connectivity index (χ1) is 14.4. The first-order valence-electron chi connectivity index (χ1n) is 8.92. The van der Waals surface area contributed by atoms with E-state index in [1.807, 2.05) is 0 Å². The van der Waals surface area contributed by atoms with Crippen molar-refractivity contribution in [1.29, 1.82) is 0 Å². The molecule has 1 heterocycles. The van der Waals surface area contributed by atoms with Crippen LogP contribution in [0.4, 0.5) is 20.2 Å². The molecule has 0 aliphatic rings. The molecule has 0 spiro atoms. The van der Waals surface area contributed by atoms with E-state index in [1.54, 1.807) is 42.5 Å². The van der Waals surface area contributed by atoms with Gasteiger partial charge in [-0.2, -0.15) is 4.73 Å². The van der Waals surface area contributed by atoms with Crippen molar-refractivity contribution in [1.82, 2.24) is 9.71 Å². The molecule has 0 bridgehead atoms. The number of fused-ring (bicyclic) bond motifs is 1. The molecule has 0 atom stereocenters. The number of carbonyl (C=O) groups excluding carboxylic acids is 1. The summed E-state index contributed by atoms with van der Waals surface area (Å²) >= 11 is 0. The molecule has 1 amide bonds.